The van der Waals surface area contributed by atoms with Crippen LogP contribution in [0, 0.1) is 0 Å². The predicted octanol–water partition coefficient (Wildman–Crippen LogP) is 6.09. The van der Waals surface area contributed by atoms with E-state index in [0.29, 0.717) is 5.56 Å². The molecule has 0 spiro atoms. The lowest BCUT2D eigenvalue weighted by molar-refractivity contribution is -0.137. The standard InChI is InChI=1S/C16H23BrF3N/c1-3-5-6-7-15(21-10-4-2)13-11-12(16(18,19)20)8-9-14(13)17/h8-9,11,15,21H,3-7,10H2,1-2H3. The second-order valence-corrected chi connectivity index (χ2v) is 6.09. The summed E-state index contributed by atoms with van der Waals surface area (Å²) in [4.78, 5) is 0. The van der Waals surface area contributed by atoms with Gasteiger partial charge in [-0.3, -0.25) is 0 Å². The molecule has 1 aromatic rings. The molecule has 0 saturated carbocycles. The SMILES string of the molecule is CCCCCC(NCCC)c1cc(C(F)(F)F)ccc1Br. The van der Waals surface area contributed by atoms with Crippen LogP contribution in [0.15, 0.2) is 22.7 Å². The first-order chi connectivity index (χ1) is 9.90. The molecule has 1 N–H and O–H groups in total. The van der Waals surface area contributed by atoms with Gasteiger partial charge in [0.05, 0.1) is 5.56 Å². The maximum Gasteiger partial charge on any atom is 0.416 e. The van der Waals surface area contributed by atoms with Crippen LogP contribution in [0.1, 0.15) is 63.1 Å². The van der Waals surface area contributed by atoms with Crippen LogP contribution in [0.25, 0.3) is 0 Å². The van der Waals surface area contributed by atoms with Gasteiger partial charge in [0.15, 0.2) is 0 Å². The molecule has 0 aliphatic heterocycles. The minimum absolute atomic E-state index is 0.0341. The zero-order valence-electron chi connectivity index (χ0n) is 12.6. The summed E-state index contributed by atoms with van der Waals surface area (Å²) < 4.78 is 39.4. The molecule has 0 fully saturated rings. The van der Waals surface area contributed by atoms with E-state index in [2.05, 4.69) is 35.1 Å². The van der Waals surface area contributed by atoms with Gasteiger partial charge in [0, 0.05) is 10.5 Å². The zero-order valence-corrected chi connectivity index (χ0v) is 14.1. The van der Waals surface area contributed by atoms with Crippen molar-refractivity contribution in [3.05, 3.63) is 33.8 Å². The highest BCUT2D eigenvalue weighted by atomic mass is 79.9. The van der Waals surface area contributed by atoms with Crippen molar-refractivity contribution in [1.82, 2.24) is 5.32 Å². The van der Waals surface area contributed by atoms with Crippen molar-refractivity contribution in [2.45, 2.75) is 58.2 Å². The number of alkyl halides is 3. The van der Waals surface area contributed by atoms with E-state index in [1.54, 1.807) is 0 Å². The van der Waals surface area contributed by atoms with Crippen LogP contribution in [-0.4, -0.2) is 6.54 Å². The van der Waals surface area contributed by atoms with Crippen molar-refractivity contribution in [2.24, 2.45) is 0 Å². The van der Waals surface area contributed by atoms with Crippen LogP contribution in [0.4, 0.5) is 13.2 Å². The van der Waals surface area contributed by atoms with Crippen LogP contribution in [0.2, 0.25) is 0 Å². The largest absolute Gasteiger partial charge is 0.416 e. The van der Waals surface area contributed by atoms with Gasteiger partial charge < -0.3 is 5.32 Å². The Bertz CT molecular complexity index is 432. The van der Waals surface area contributed by atoms with E-state index in [4.69, 9.17) is 0 Å². The molecule has 1 rings (SSSR count). The van der Waals surface area contributed by atoms with Gasteiger partial charge >= 0.3 is 6.18 Å². The lowest BCUT2D eigenvalue weighted by Gasteiger charge is -2.21. The lowest BCUT2D eigenvalue weighted by Crippen LogP contribution is -2.23. The molecule has 1 aromatic carbocycles. The van der Waals surface area contributed by atoms with Gasteiger partial charge in [-0.05, 0) is 43.1 Å². The molecule has 1 unspecified atom stereocenters. The number of hydrogen-bond acceptors (Lipinski definition) is 1. The molecular weight excluding hydrogens is 343 g/mol. The van der Waals surface area contributed by atoms with Crippen LogP contribution >= 0.6 is 15.9 Å². The van der Waals surface area contributed by atoms with E-state index in [9.17, 15) is 13.2 Å². The summed E-state index contributed by atoms with van der Waals surface area (Å²) in [5.41, 5.74) is 0.119. The number of unbranched alkanes of at least 4 members (excludes halogenated alkanes) is 2. The normalized spacial score (nSPS) is 13.4. The Balaban J connectivity index is 2.98. The second kappa shape index (κ2) is 8.79. The molecule has 0 radical (unpaired) electrons. The molecule has 1 nitrogen and oxygen atoms in total. The highest BCUT2D eigenvalue weighted by Gasteiger charge is 2.31. The van der Waals surface area contributed by atoms with E-state index < -0.39 is 11.7 Å². The Hall–Kier alpha value is -0.550. The Morgan fingerprint density at radius 3 is 2.43 bits per heavy atom. The summed E-state index contributed by atoms with van der Waals surface area (Å²) in [6, 6.07) is 3.85. The summed E-state index contributed by atoms with van der Waals surface area (Å²) >= 11 is 3.39. The minimum Gasteiger partial charge on any atom is -0.310 e. The van der Waals surface area contributed by atoms with Crippen molar-refractivity contribution in [3.63, 3.8) is 0 Å². The van der Waals surface area contributed by atoms with Gasteiger partial charge in [0.25, 0.3) is 0 Å². The maximum absolute atomic E-state index is 12.9. The zero-order chi connectivity index (χ0) is 15.9. The average molecular weight is 366 g/mol. The molecule has 0 bridgehead atoms. The Morgan fingerprint density at radius 1 is 1.14 bits per heavy atom. The smallest absolute Gasteiger partial charge is 0.310 e. The van der Waals surface area contributed by atoms with Gasteiger partial charge in [-0.2, -0.15) is 13.2 Å². The molecule has 0 aromatic heterocycles. The molecule has 5 heteroatoms. The third kappa shape index (κ3) is 5.99. The van der Waals surface area contributed by atoms with Gasteiger partial charge in [0.1, 0.15) is 0 Å². The number of halogens is 4. The minimum atomic E-state index is -4.30. The molecule has 0 heterocycles. The van der Waals surface area contributed by atoms with E-state index in [1.807, 2.05) is 0 Å². The lowest BCUT2D eigenvalue weighted by atomic mass is 9.98. The van der Waals surface area contributed by atoms with E-state index in [0.717, 1.165) is 49.2 Å². The molecular formula is C16H23BrF3N. The number of rotatable bonds is 8. The highest BCUT2D eigenvalue weighted by Crippen LogP contribution is 2.35. The molecule has 0 aliphatic carbocycles. The van der Waals surface area contributed by atoms with Gasteiger partial charge in [-0.25, -0.2) is 0 Å². The first-order valence-electron chi connectivity index (χ1n) is 7.50. The molecule has 1 atom stereocenters. The molecule has 21 heavy (non-hydrogen) atoms. The fourth-order valence-electron chi connectivity index (χ4n) is 2.27. The Labute approximate surface area is 133 Å². The van der Waals surface area contributed by atoms with Crippen LogP contribution < -0.4 is 5.32 Å². The molecule has 0 amide bonds. The van der Waals surface area contributed by atoms with E-state index in [-0.39, 0.29) is 6.04 Å². The number of nitrogens with one attached hydrogen (secondary N) is 1. The fraction of sp³-hybridized carbons (Fsp3) is 0.625. The summed E-state index contributed by atoms with van der Waals surface area (Å²) in [7, 11) is 0. The van der Waals surface area contributed by atoms with Crippen molar-refractivity contribution in [1.29, 1.82) is 0 Å². The summed E-state index contributed by atoms with van der Waals surface area (Å²) in [5.74, 6) is 0. The third-order valence-corrected chi connectivity index (χ3v) is 4.16. The fourth-order valence-corrected chi connectivity index (χ4v) is 2.79. The third-order valence-electron chi connectivity index (χ3n) is 3.44. The summed E-state index contributed by atoms with van der Waals surface area (Å²) in [6.45, 7) is 4.98. The first kappa shape index (κ1) is 18.5. The van der Waals surface area contributed by atoms with Crippen molar-refractivity contribution in [3.8, 4) is 0 Å². The molecule has 120 valence electrons. The quantitative estimate of drug-likeness (QED) is 0.549. The molecule has 0 saturated heterocycles. The molecule has 0 aliphatic rings. The first-order valence-corrected chi connectivity index (χ1v) is 8.29. The van der Waals surface area contributed by atoms with Crippen LogP contribution in [0.3, 0.4) is 0 Å². The predicted molar refractivity (Wildman–Crippen MR) is 84.3 cm³/mol. The van der Waals surface area contributed by atoms with Crippen molar-refractivity contribution in [2.75, 3.05) is 6.54 Å². The van der Waals surface area contributed by atoms with E-state index in [1.165, 1.54) is 12.1 Å². The van der Waals surface area contributed by atoms with Gasteiger partial charge in [0.2, 0.25) is 0 Å². The number of hydrogen-bond donors (Lipinski definition) is 1. The highest BCUT2D eigenvalue weighted by molar-refractivity contribution is 9.10. The van der Waals surface area contributed by atoms with Crippen LogP contribution in [0.5, 0.6) is 0 Å². The van der Waals surface area contributed by atoms with Crippen LogP contribution in [-0.2, 0) is 6.18 Å². The Morgan fingerprint density at radius 2 is 1.86 bits per heavy atom. The second-order valence-electron chi connectivity index (χ2n) is 5.24. The number of benzene rings is 1. The average Bonchev–Trinajstić information content (AvgIpc) is 2.42. The summed E-state index contributed by atoms with van der Waals surface area (Å²) in [5, 5.41) is 3.37. The monoisotopic (exact) mass is 365 g/mol. The van der Waals surface area contributed by atoms with E-state index >= 15 is 0 Å². The maximum atomic E-state index is 12.9. The summed E-state index contributed by atoms with van der Waals surface area (Å²) in [6.07, 6.45) is 0.731. The Kier molecular flexibility index (Phi) is 7.74. The van der Waals surface area contributed by atoms with Gasteiger partial charge in [-0.15, -0.1) is 0 Å². The topological polar surface area (TPSA) is 12.0 Å². The van der Waals surface area contributed by atoms with Gasteiger partial charge in [-0.1, -0.05) is 49.0 Å². The van der Waals surface area contributed by atoms with Crippen molar-refractivity contribution >= 4 is 15.9 Å². The van der Waals surface area contributed by atoms with Crippen molar-refractivity contribution < 1.29 is 13.2 Å².